The van der Waals surface area contributed by atoms with Crippen LogP contribution in [0.1, 0.15) is 88.1 Å². The normalized spacial score (nSPS) is 27.9. The zero-order valence-corrected chi connectivity index (χ0v) is 18.9. The first-order chi connectivity index (χ1) is 15.2. The van der Waals surface area contributed by atoms with E-state index in [4.69, 9.17) is 4.98 Å². The maximum atomic E-state index is 13.1. The topological polar surface area (TPSA) is 58.4 Å². The van der Waals surface area contributed by atoms with E-state index >= 15 is 0 Å². The fraction of sp³-hybridized carbons (Fsp3) is 0.800. The van der Waals surface area contributed by atoms with E-state index < -0.39 is 0 Å². The van der Waals surface area contributed by atoms with Crippen LogP contribution in [0.25, 0.3) is 0 Å². The molecule has 6 heteroatoms. The predicted octanol–water partition coefficient (Wildman–Crippen LogP) is 3.33. The van der Waals surface area contributed by atoms with Crippen molar-refractivity contribution < 1.29 is 4.79 Å². The summed E-state index contributed by atoms with van der Waals surface area (Å²) in [7, 11) is 0. The van der Waals surface area contributed by atoms with Gasteiger partial charge in [0.1, 0.15) is 5.82 Å². The van der Waals surface area contributed by atoms with Gasteiger partial charge in [0.05, 0.1) is 12.2 Å². The Morgan fingerprint density at radius 2 is 1.71 bits per heavy atom. The molecule has 0 aromatic carbocycles. The van der Waals surface area contributed by atoms with Crippen LogP contribution in [0.15, 0.2) is 10.9 Å². The van der Waals surface area contributed by atoms with Crippen LogP contribution < -0.4 is 5.56 Å². The van der Waals surface area contributed by atoms with Crippen LogP contribution in [0.5, 0.6) is 0 Å². The largest absolute Gasteiger partial charge is 0.342 e. The molecule has 0 N–H and O–H groups in total. The van der Waals surface area contributed by atoms with Crippen LogP contribution in [0.4, 0.5) is 0 Å². The molecule has 4 aliphatic rings. The van der Waals surface area contributed by atoms with Gasteiger partial charge in [0.25, 0.3) is 5.56 Å². The molecule has 0 bridgehead atoms. The Bertz CT molecular complexity index is 840. The summed E-state index contributed by atoms with van der Waals surface area (Å²) in [4.78, 5) is 35.2. The Labute approximate surface area is 186 Å². The van der Waals surface area contributed by atoms with Gasteiger partial charge in [-0.3, -0.25) is 19.1 Å². The zero-order chi connectivity index (χ0) is 21.2. The molecule has 0 unspecified atom stereocenters. The number of hydrogen-bond donors (Lipinski definition) is 0. The van der Waals surface area contributed by atoms with E-state index in [1.807, 2.05) is 4.57 Å². The first-order valence-electron chi connectivity index (χ1n) is 12.8. The summed E-state index contributed by atoms with van der Waals surface area (Å²) in [6.07, 6.45) is 14.1. The van der Waals surface area contributed by atoms with Crippen LogP contribution in [-0.2, 0) is 17.8 Å². The second-order valence-corrected chi connectivity index (χ2v) is 10.3. The number of fused-ring (bicyclic) bond motifs is 2. The van der Waals surface area contributed by atoms with Crippen LogP contribution in [0.2, 0.25) is 0 Å². The van der Waals surface area contributed by atoms with Gasteiger partial charge in [-0.1, -0.05) is 19.3 Å². The van der Waals surface area contributed by atoms with E-state index in [2.05, 4.69) is 9.80 Å². The number of hydrogen-bond acceptors (Lipinski definition) is 4. The number of rotatable bonds is 3. The maximum absolute atomic E-state index is 13.1. The van der Waals surface area contributed by atoms with Crippen LogP contribution in [0, 0.1) is 5.92 Å². The van der Waals surface area contributed by atoms with Crippen molar-refractivity contribution >= 4 is 5.91 Å². The summed E-state index contributed by atoms with van der Waals surface area (Å²) in [6.45, 7) is 4.10. The highest BCUT2D eigenvalue weighted by molar-refractivity contribution is 5.78. The van der Waals surface area contributed by atoms with E-state index in [0.29, 0.717) is 24.4 Å². The molecular weight excluding hydrogens is 388 g/mol. The Balaban J connectivity index is 1.19. The van der Waals surface area contributed by atoms with Crippen molar-refractivity contribution in [3.8, 4) is 0 Å². The number of piperidine rings is 2. The minimum absolute atomic E-state index is 0.118. The van der Waals surface area contributed by atoms with Crippen LogP contribution in [0.3, 0.4) is 0 Å². The van der Waals surface area contributed by atoms with Crippen molar-refractivity contribution in [1.82, 2.24) is 19.4 Å². The summed E-state index contributed by atoms with van der Waals surface area (Å²) < 4.78 is 1.88. The second-order valence-electron chi connectivity index (χ2n) is 10.3. The van der Waals surface area contributed by atoms with E-state index in [1.54, 1.807) is 6.07 Å². The van der Waals surface area contributed by atoms with Gasteiger partial charge in [-0.05, 0) is 63.8 Å². The summed E-state index contributed by atoms with van der Waals surface area (Å²) in [6, 6.07) is 2.41. The summed E-state index contributed by atoms with van der Waals surface area (Å²) in [5, 5.41) is 0. The molecule has 0 radical (unpaired) electrons. The Morgan fingerprint density at radius 3 is 2.58 bits per heavy atom. The number of amides is 1. The average molecular weight is 427 g/mol. The van der Waals surface area contributed by atoms with E-state index in [1.165, 1.54) is 44.9 Å². The summed E-state index contributed by atoms with van der Waals surface area (Å²) in [5.74, 6) is 2.41. The fourth-order valence-corrected chi connectivity index (χ4v) is 6.56. The fourth-order valence-electron chi connectivity index (χ4n) is 6.56. The summed E-state index contributed by atoms with van der Waals surface area (Å²) >= 11 is 0. The monoisotopic (exact) mass is 426 g/mol. The zero-order valence-electron chi connectivity index (χ0n) is 18.9. The first kappa shape index (κ1) is 21.2. The highest BCUT2D eigenvalue weighted by Gasteiger charge is 2.35. The lowest BCUT2D eigenvalue weighted by Gasteiger charge is -2.44. The van der Waals surface area contributed by atoms with Crippen molar-refractivity contribution in [2.45, 2.75) is 95.6 Å². The highest BCUT2D eigenvalue weighted by atomic mass is 16.2. The maximum Gasteiger partial charge on any atom is 0.253 e. The standard InChI is InChI=1S/C25H38N4O2/c30-24-17-21(26-23-10-2-1-5-14-29(23)24)19-11-15-27(16-12-19)25(31)18-28-13-6-8-20-7-3-4-9-22(20)28/h17,19-20,22H,1-16,18H2/t20-,22+/m1/s1. The van der Waals surface area contributed by atoms with Crippen molar-refractivity contribution in [3.05, 3.63) is 27.9 Å². The molecule has 2 saturated heterocycles. The molecule has 3 fully saturated rings. The Hall–Kier alpha value is -1.69. The van der Waals surface area contributed by atoms with Gasteiger partial charge in [0.15, 0.2) is 0 Å². The Kier molecular flexibility index (Phi) is 6.44. The molecule has 0 spiro atoms. The van der Waals surface area contributed by atoms with Crippen molar-refractivity contribution in [2.75, 3.05) is 26.2 Å². The number of carbonyl (C=O) groups excluding carboxylic acids is 1. The van der Waals surface area contributed by atoms with Gasteiger partial charge in [-0.2, -0.15) is 0 Å². The molecule has 1 saturated carbocycles. The number of nitrogens with zero attached hydrogens (tertiary/aromatic N) is 4. The van der Waals surface area contributed by atoms with Crippen molar-refractivity contribution in [2.24, 2.45) is 5.92 Å². The third-order valence-corrected chi connectivity index (χ3v) is 8.35. The molecule has 5 rings (SSSR count). The number of aryl methyl sites for hydroxylation is 1. The third kappa shape index (κ3) is 4.59. The quantitative estimate of drug-likeness (QED) is 0.744. The first-order valence-corrected chi connectivity index (χ1v) is 12.8. The van der Waals surface area contributed by atoms with Gasteiger partial charge < -0.3 is 4.90 Å². The molecule has 1 amide bonds. The van der Waals surface area contributed by atoms with Crippen LogP contribution >= 0.6 is 0 Å². The molecule has 1 aromatic heterocycles. The van der Waals surface area contributed by atoms with Gasteiger partial charge in [-0.15, -0.1) is 0 Å². The summed E-state index contributed by atoms with van der Waals surface area (Å²) in [5.41, 5.74) is 1.08. The van der Waals surface area contributed by atoms with E-state index in [-0.39, 0.29) is 5.56 Å². The number of aromatic nitrogens is 2. The lowest BCUT2D eigenvalue weighted by molar-refractivity contribution is -0.135. The second kappa shape index (κ2) is 9.43. The molecule has 1 aliphatic carbocycles. The Morgan fingerprint density at radius 1 is 0.903 bits per heavy atom. The highest BCUT2D eigenvalue weighted by Crippen LogP contribution is 2.35. The van der Waals surface area contributed by atoms with Crippen molar-refractivity contribution in [3.63, 3.8) is 0 Å². The van der Waals surface area contributed by atoms with Gasteiger partial charge in [0.2, 0.25) is 5.91 Å². The van der Waals surface area contributed by atoms with E-state index in [0.717, 1.165) is 75.7 Å². The third-order valence-electron chi connectivity index (χ3n) is 8.35. The molecule has 6 nitrogen and oxygen atoms in total. The molecular formula is C25H38N4O2. The van der Waals surface area contributed by atoms with Gasteiger partial charge in [-0.25, -0.2) is 4.98 Å². The lowest BCUT2D eigenvalue weighted by Crippen LogP contribution is -2.52. The van der Waals surface area contributed by atoms with Gasteiger partial charge >= 0.3 is 0 Å². The van der Waals surface area contributed by atoms with Crippen molar-refractivity contribution in [1.29, 1.82) is 0 Å². The SMILES string of the molecule is O=C(CN1CCC[C@H]2CCCC[C@@H]21)N1CCC(c2cc(=O)n3c(n2)CCCCC3)CC1. The minimum atomic E-state index is 0.118. The molecule has 31 heavy (non-hydrogen) atoms. The predicted molar refractivity (Wildman–Crippen MR) is 121 cm³/mol. The molecule has 2 atom stereocenters. The number of likely N-dealkylation sites (tertiary alicyclic amines) is 2. The van der Waals surface area contributed by atoms with Crippen LogP contribution in [-0.4, -0.2) is 57.5 Å². The smallest absolute Gasteiger partial charge is 0.253 e. The van der Waals surface area contributed by atoms with Gasteiger partial charge in [0, 0.05) is 44.1 Å². The molecule has 1 aromatic rings. The number of carbonyl (C=O) groups is 1. The molecule has 3 aliphatic heterocycles. The minimum Gasteiger partial charge on any atom is -0.342 e. The van der Waals surface area contributed by atoms with E-state index in [9.17, 15) is 9.59 Å². The lowest BCUT2D eigenvalue weighted by atomic mass is 9.78. The molecule has 4 heterocycles. The average Bonchev–Trinajstić information content (AvgIpc) is 3.05. The molecule has 170 valence electrons.